The van der Waals surface area contributed by atoms with E-state index in [1.165, 1.54) is 29.2 Å². The average Bonchev–Trinajstić information content (AvgIpc) is 2.30. The van der Waals surface area contributed by atoms with Crippen LogP contribution in [0.4, 0.5) is 14.9 Å². The van der Waals surface area contributed by atoms with Gasteiger partial charge in [-0.3, -0.25) is 4.79 Å². The molecule has 1 rings (SSSR count). The van der Waals surface area contributed by atoms with E-state index in [0.717, 1.165) is 0 Å². The number of carbonyl (C=O) groups is 2. The zero-order valence-electron chi connectivity index (χ0n) is 10.9. The van der Waals surface area contributed by atoms with Crippen molar-refractivity contribution in [2.24, 2.45) is 5.92 Å². The van der Waals surface area contributed by atoms with Crippen LogP contribution in [0.15, 0.2) is 24.3 Å². The van der Waals surface area contributed by atoms with Gasteiger partial charge in [0.15, 0.2) is 0 Å². The SMILES string of the molecule is CC(C)CN(CC(=O)O)C(=O)Nc1ccc(F)cc1. The molecule has 19 heavy (non-hydrogen) atoms. The van der Waals surface area contributed by atoms with E-state index in [1.807, 2.05) is 13.8 Å². The number of halogens is 1. The molecule has 0 saturated heterocycles. The topological polar surface area (TPSA) is 69.6 Å². The Balaban J connectivity index is 2.70. The van der Waals surface area contributed by atoms with E-state index in [4.69, 9.17) is 5.11 Å². The molecular formula is C13H17FN2O3. The number of nitrogens with zero attached hydrogens (tertiary/aromatic N) is 1. The van der Waals surface area contributed by atoms with Gasteiger partial charge in [0.1, 0.15) is 12.4 Å². The summed E-state index contributed by atoms with van der Waals surface area (Å²) in [5, 5.41) is 11.3. The summed E-state index contributed by atoms with van der Waals surface area (Å²) in [4.78, 5) is 23.9. The molecule has 0 fully saturated rings. The summed E-state index contributed by atoms with van der Waals surface area (Å²) < 4.78 is 12.7. The van der Waals surface area contributed by atoms with Gasteiger partial charge in [-0.1, -0.05) is 13.8 Å². The Kier molecular flexibility index (Phi) is 5.29. The lowest BCUT2D eigenvalue weighted by Gasteiger charge is -2.23. The van der Waals surface area contributed by atoms with Crippen LogP contribution in [0, 0.1) is 11.7 Å². The quantitative estimate of drug-likeness (QED) is 0.861. The maximum absolute atomic E-state index is 12.7. The number of carbonyl (C=O) groups excluding carboxylic acids is 1. The highest BCUT2D eigenvalue weighted by Crippen LogP contribution is 2.10. The first-order valence-electron chi connectivity index (χ1n) is 5.91. The molecule has 6 heteroatoms. The van der Waals surface area contributed by atoms with Crippen molar-refractivity contribution in [2.45, 2.75) is 13.8 Å². The molecule has 1 aromatic carbocycles. The highest BCUT2D eigenvalue weighted by atomic mass is 19.1. The number of benzene rings is 1. The third-order valence-corrected chi connectivity index (χ3v) is 2.29. The molecule has 5 nitrogen and oxygen atoms in total. The number of carboxylic acid groups (broad SMARTS) is 1. The molecule has 104 valence electrons. The second-order valence-corrected chi connectivity index (χ2v) is 4.61. The van der Waals surface area contributed by atoms with Crippen molar-refractivity contribution in [1.29, 1.82) is 0 Å². The molecule has 2 N–H and O–H groups in total. The number of aliphatic carboxylic acids is 1. The first-order chi connectivity index (χ1) is 8.88. The van der Waals surface area contributed by atoms with Gasteiger partial charge in [-0.05, 0) is 30.2 Å². The van der Waals surface area contributed by atoms with Crippen molar-refractivity contribution in [2.75, 3.05) is 18.4 Å². The average molecular weight is 268 g/mol. The van der Waals surface area contributed by atoms with Crippen LogP contribution >= 0.6 is 0 Å². The zero-order valence-corrected chi connectivity index (χ0v) is 10.9. The molecule has 0 aromatic heterocycles. The Morgan fingerprint density at radius 1 is 1.32 bits per heavy atom. The molecule has 0 spiro atoms. The Morgan fingerprint density at radius 2 is 1.89 bits per heavy atom. The van der Waals surface area contributed by atoms with Crippen molar-refractivity contribution in [1.82, 2.24) is 4.90 Å². The minimum atomic E-state index is -1.07. The van der Waals surface area contributed by atoms with Crippen LogP contribution < -0.4 is 5.32 Å². The van der Waals surface area contributed by atoms with Crippen LogP contribution in [0.2, 0.25) is 0 Å². The summed E-state index contributed by atoms with van der Waals surface area (Å²) in [7, 11) is 0. The summed E-state index contributed by atoms with van der Waals surface area (Å²) in [6, 6.07) is 4.77. The molecule has 0 aliphatic heterocycles. The molecule has 0 bridgehead atoms. The summed E-state index contributed by atoms with van der Waals surface area (Å²) in [6.07, 6.45) is 0. The number of carboxylic acids is 1. The third-order valence-electron chi connectivity index (χ3n) is 2.29. The Labute approximate surface area is 111 Å². The van der Waals surface area contributed by atoms with Gasteiger partial charge in [-0.25, -0.2) is 9.18 Å². The number of rotatable bonds is 5. The van der Waals surface area contributed by atoms with Crippen LogP contribution in [0.25, 0.3) is 0 Å². The largest absolute Gasteiger partial charge is 0.480 e. The minimum absolute atomic E-state index is 0.151. The van der Waals surface area contributed by atoms with Gasteiger partial charge >= 0.3 is 12.0 Å². The summed E-state index contributed by atoms with van der Waals surface area (Å²) in [6.45, 7) is 3.74. The maximum atomic E-state index is 12.7. The van der Waals surface area contributed by atoms with Gasteiger partial charge in [-0.15, -0.1) is 0 Å². The van der Waals surface area contributed by atoms with Crippen LogP contribution in [-0.2, 0) is 4.79 Å². The van der Waals surface area contributed by atoms with Crippen molar-refractivity contribution in [3.63, 3.8) is 0 Å². The van der Waals surface area contributed by atoms with E-state index >= 15 is 0 Å². The lowest BCUT2D eigenvalue weighted by atomic mass is 10.2. The Hall–Kier alpha value is -2.11. The summed E-state index contributed by atoms with van der Waals surface area (Å²) >= 11 is 0. The van der Waals surface area contributed by atoms with Gasteiger partial charge < -0.3 is 15.3 Å². The third kappa shape index (κ3) is 5.37. The predicted octanol–water partition coefficient (Wildman–Crippen LogP) is 2.40. The van der Waals surface area contributed by atoms with Crippen LogP contribution in [0.5, 0.6) is 0 Å². The fourth-order valence-corrected chi connectivity index (χ4v) is 1.56. The van der Waals surface area contributed by atoms with E-state index in [2.05, 4.69) is 5.32 Å². The minimum Gasteiger partial charge on any atom is -0.480 e. The van der Waals surface area contributed by atoms with Crippen molar-refractivity contribution in [3.05, 3.63) is 30.1 Å². The van der Waals surface area contributed by atoms with Crippen LogP contribution in [0.3, 0.4) is 0 Å². The van der Waals surface area contributed by atoms with Crippen LogP contribution in [-0.4, -0.2) is 35.1 Å². The monoisotopic (exact) mass is 268 g/mol. The first-order valence-corrected chi connectivity index (χ1v) is 5.91. The number of nitrogens with one attached hydrogen (secondary N) is 1. The fourth-order valence-electron chi connectivity index (χ4n) is 1.56. The molecule has 0 heterocycles. The summed E-state index contributed by atoms with van der Waals surface area (Å²) in [5.41, 5.74) is 0.422. The smallest absolute Gasteiger partial charge is 0.323 e. The first kappa shape index (κ1) is 14.9. The van der Waals surface area contributed by atoms with E-state index < -0.39 is 17.8 Å². The van der Waals surface area contributed by atoms with Gasteiger partial charge in [-0.2, -0.15) is 0 Å². The predicted molar refractivity (Wildman–Crippen MR) is 69.5 cm³/mol. The second-order valence-electron chi connectivity index (χ2n) is 4.61. The number of hydrogen-bond acceptors (Lipinski definition) is 2. The second kappa shape index (κ2) is 6.72. The molecule has 0 radical (unpaired) electrons. The number of hydrogen-bond donors (Lipinski definition) is 2. The molecule has 1 aromatic rings. The molecule has 0 aliphatic rings. The van der Waals surface area contributed by atoms with Crippen molar-refractivity contribution >= 4 is 17.7 Å². The molecule has 0 unspecified atom stereocenters. The van der Waals surface area contributed by atoms with E-state index in [0.29, 0.717) is 12.2 Å². The lowest BCUT2D eigenvalue weighted by Crippen LogP contribution is -2.40. The molecular weight excluding hydrogens is 251 g/mol. The van der Waals surface area contributed by atoms with E-state index in [9.17, 15) is 14.0 Å². The van der Waals surface area contributed by atoms with E-state index in [-0.39, 0.29) is 12.5 Å². The van der Waals surface area contributed by atoms with Gasteiger partial charge in [0, 0.05) is 12.2 Å². The number of urea groups is 1. The van der Waals surface area contributed by atoms with Crippen molar-refractivity contribution < 1.29 is 19.1 Å². The molecule has 2 amide bonds. The number of amides is 2. The van der Waals surface area contributed by atoms with Gasteiger partial charge in [0.05, 0.1) is 0 Å². The fraction of sp³-hybridized carbons (Fsp3) is 0.385. The number of anilines is 1. The van der Waals surface area contributed by atoms with Gasteiger partial charge in [0.2, 0.25) is 0 Å². The molecule has 0 aliphatic carbocycles. The lowest BCUT2D eigenvalue weighted by molar-refractivity contribution is -0.137. The zero-order chi connectivity index (χ0) is 14.4. The standard InChI is InChI=1S/C13H17FN2O3/c1-9(2)7-16(8-12(17)18)13(19)15-11-5-3-10(14)4-6-11/h3-6,9H,7-8H2,1-2H3,(H,15,19)(H,17,18). The normalized spacial score (nSPS) is 10.3. The summed E-state index contributed by atoms with van der Waals surface area (Å²) in [5.74, 6) is -1.32. The highest BCUT2D eigenvalue weighted by Gasteiger charge is 2.17. The highest BCUT2D eigenvalue weighted by molar-refractivity contribution is 5.91. The van der Waals surface area contributed by atoms with Gasteiger partial charge in [0.25, 0.3) is 0 Å². The maximum Gasteiger partial charge on any atom is 0.323 e. The van der Waals surface area contributed by atoms with Crippen LogP contribution in [0.1, 0.15) is 13.8 Å². The molecule has 0 saturated carbocycles. The Bertz CT molecular complexity index is 446. The molecule has 0 atom stereocenters. The Morgan fingerprint density at radius 3 is 2.37 bits per heavy atom. The van der Waals surface area contributed by atoms with E-state index in [1.54, 1.807) is 0 Å². The van der Waals surface area contributed by atoms with Crippen molar-refractivity contribution in [3.8, 4) is 0 Å².